The van der Waals surface area contributed by atoms with Crippen molar-refractivity contribution < 1.29 is 14.3 Å². The molecule has 3 heterocycles. The van der Waals surface area contributed by atoms with Crippen molar-refractivity contribution in [2.75, 3.05) is 18.2 Å². The van der Waals surface area contributed by atoms with Crippen molar-refractivity contribution in [3.8, 4) is 11.6 Å². The molecule has 1 aromatic carbocycles. The molecule has 0 aliphatic rings. The molecule has 0 aliphatic carbocycles. The number of carbonyl (C=O) groups excluding carboxylic acids is 1. The first kappa shape index (κ1) is 22.9. The van der Waals surface area contributed by atoms with Gasteiger partial charge in [-0.3, -0.25) is 4.68 Å². The van der Waals surface area contributed by atoms with E-state index in [-0.39, 0.29) is 12.1 Å². The van der Waals surface area contributed by atoms with E-state index in [2.05, 4.69) is 32.3 Å². The molecule has 0 radical (unpaired) electrons. The Bertz CT molecular complexity index is 1270. The molecular formula is C23H26N8O3. The van der Waals surface area contributed by atoms with Gasteiger partial charge in [0.15, 0.2) is 5.82 Å². The lowest BCUT2D eigenvalue weighted by atomic mass is 10.2. The first-order valence-electron chi connectivity index (χ1n) is 10.8. The van der Waals surface area contributed by atoms with Crippen LogP contribution in [0.4, 0.5) is 11.8 Å². The van der Waals surface area contributed by atoms with E-state index in [9.17, 15) is 4.79 Å². The second kappa shape index (κ2) is 10.1. The van der Waals surface area contributed by atoms with Gasteiger partial charge in [-0.05, 0) is 36.2 Å². The molecule has 176 valence electrons. The number of aromatic nitrogens is 5. The Labute approximate surface area is 196 Å². The molecule has 0 spiro atoms. The summed E-state index contributed by atoms with van der Waals surface area (Å²) in [5.74, 6) is 1.27. The predicted octanol–water partition coefficient (Wildman–Crippen LogP) is 2.93. The molecule has 34 heavy (non-hydrogen) atoms. The van der Waals surface area contributed by atoms with Gasteiger partial charge in [-0.2, -0.15) is 10.1 Å². The Morgan fingerprint density at radius 2 is 1.94 bits per heavy atom. The second-order valence-corrected chi connectivity index (χ2v) is 7.63. The zero-order valence-electron chi connectivity index (χ0n) is 18.9. The van der Waals surface area contributed by atoms with Gasteiger partial charge in [0, 0.05) is 12.3 Å². The zero-order chi connectivity index (χ0) is 24.1. The van der Waals surface area contributed by atoms with Gasteiger partial charge in [-0.15, -0.1) is 0 Å². The minimum atomic E-state index is -0.404. The summed E-state index contributed by atoms with van der Waals surface area (Å²) < 4.78 is 12.2. The van der Waals surface area contributed by atoms with E-state index in [1.54, 1.807) is 47.4 Å². The van der Waals surface area contributed by atoms with Gasteiger partial charge in [0.2, 0.25) is 11.8 Å². The minimum Gasteiger partial charge on any atom is -0.465 e. The van der Waals surface area contributed by atoms with Crippen LogP contribution < -0.4 is 21.5 Å². The monoisotopic (exact) mass is 462 g/mol. The van der Waals surface area contributed by atoms with Gasteiger partial charge in [0.05, 0.1) is 31.6 Å². The number of anilines is 2. The summed E-state index contributed by atoms with van der Waals surface area (Å²) in [7, 11) is 1.34. The fraction of sp³-hybridized carbons (Fsp3) is 0.261. The molecule has 1 unspecified atom stereocenters. The van der Waals surface area contributed by atoms with E-state index in [1.807, 2.05) is 6.07 Å². The van der Waals surface area contributed by atoms with E-state index in [0.717, 1.165) is 18.4 Å². The fourth-order valence-corrected chi connectivity index (χ4v) is 3.43. The topological polar surface area (TPSA) is 156 Å². The molecule has 4 aromatic rings. The average Bonchev–Trinajstić information content (AvgIpc) is 3.23. The van der Waals surface area contributed by atoms with Crippen molar-refractivity contribution in [1.29, 1.82) is 0 Å². The molecule has 0 fully saturated rings. The number of esters is 1. The standard InChI is InChI=1S/C23H26N8O3/c1-3-4-18(24)29-21-20-17(28-23(25)30-21)12-27-31(20)13-14-5-10-19(26-11-14)34-16-8-6-15(7-9-16)22(32)33-2/h5-12,18H,3-4,13,24H2,1-2H3,(H3,25,28,29,30). The fourth-order valence-electron chi connectivity index (χ4n) is 3.43. The number of nitrogens with zero attached hydrogens (tertiary/aromatic N) is 5. The van der Waals surface area contributed by atoms with Gasteiger partial charge in [-0.25, -0.2) is 14.8 Å². The SMILES string of the molecule is CCCC(N)Nc1nc(N)nc2cnn(Cc3ccc(Oc4ccc(C(=O)OC)cc4)nc3)c12. The number of pyridine rings is 1. The number of nitrogens with two attached hydrogens (primary N) is 2. The molecular weight excluding hydrogens is 436 g/mol. The van der Waals surface area contributed by atoms with Crippen LogP contribution >= 0.6 is 0 Å². The van der Waals surface area contributed by atoms with Crippen molar-refractivity contribution >= 4 is 28.8 Å². The Hall–Kier alpha value is -4.25. The normalized spacial score (nSPS) is 11.9. The van der Waals surface area contributed by atoms with Crippen molar-refractivity contribution in [3.63, 3.8) is 0 Å². The van der Waals surface area contributed by atoms with Crippen molar-refractivity contribution in [2.24, 2.45) is 5.73 Å². The summed E-state index contributed by atoms with van der Waals surface area (Å²) in [6.45, 7) is 2.50. The summed E-state index contributed by atoms with van der Waals surface area (Å²) in [5, 5.41) is 7.66. The van der Waals surface area contributed by atoms with E-state index in [1.165, 1.54) is 7.11 Å². The Morgan fingerprint density at radius 3 is 2.62 bits per heavy atom. The maximum absolute atomic E-state index is 11.5. The molecule has 5 N–H and O–H groups in total. The van der Waals surface area contributed by atoms with Crippen molar-refractivity contribution in [1.82, 2.24) is 24.7 Å². The summed E-state index contributed by atoms with van der Waals surface area (Å²) in [4.78, 5) is 24.5. The molecule has 11 heteroatoms. The molecule has 0 saturated carbocycles. The molecule has 1 atom stereocenters. The van der Waals surface area contributed by atoms with Gasteiger partial charge < -0.3 is 26.3 Å². The number of methoxy groups -OCH3 is 1. The minimum absolute atomic E-state index is 0.154. The lowest BCUT2D eigenvalue weighted by Gasteiger charge is -2.15. The van der Waals surface area contributed by atoms with Gasteiger partial charge in [0.1, 0.15) is 16.8 Å². The van der Waals surface area contributed by atoms with Gasteiger partial charge >= 0.3 is 5.97 Å². The highest BCUT2D eigenvalue weighted by atomic mass is 16.5. The Morgan fingerprint density at radius 1 is 1.15 bits per heavy atom. The third kappa shape index (κ3) is 5.21. The molecule has 0 bridgehead atoms. The van der Waals surface area contributed by atoms with Crippen LogP contribution in [0.3, 0.4) is 0 Å². The third-order valence-electron chi connectivity index (χ3n) is 5.06. The van der Waals surface area contributed by atoms with Crippen LogP contribution in [0.1, 0.15) is 35.7 Å². The smallest absolute Gasteiger partial charge is 0.337 e. The highest BCUT2D eigenvalue weighted by Crippen LogP contribution is 2.24. The van der Waals surface area contributed by atoms with Gasteiger partial charge in [0.25, 0.3) is 0 Å². The second-order valence-electron chi connectivity index (χ2n) is 7.63. The Balaban J connectivity index is 1.50. The quantitative estimate of drug-likeness (QED) is 0.249. The number of benzene rings is 1. The summed E-state index contributed by atoms with van der Waals surface area (Å²) >= 11 is 0. The van der Waals surface area contributed by atoms with E-state index in [4.69, 9.17) is 20.9 Å². The number of hydrogen-bond acceptors (Lipinski definition) is 10. The van der Waals surface area contributed by atoms with Gasteiger partial charge in [-0.1, -0.05) is 19.4 Å². The lowest BCUT2D eigenvalue weighted by molar-refractivity contribution is 0.0600. The number of ether oxygens (including phenoxy) is 2. The lowest BCUT2D eigenvalue weighted by Crippen LogP contribution is -2.30. The number of hydrogen-bond donors (Lipinski definition) is 3. The Kier molecular flexibility index (Phi) is 6.83. The summed E-state index contributed by atoms with van der Waals surface area (Å²) in [5.41, 5.74) is 14.7. The maximum atomic E-state index is 11.5. The van der Waals surface area contributed by atoms with E-state index < -0.39 is 5.97 Å². The van der Waals surface area contributed by atoms with Crippen LogP contribution in [-0.2, 0) is 11.3 Å². The van der Waals surface area contributed by atoms with E-state index in [0.29, 0.717) is 40.6 Å². The van der Waals surface area contributed by atoms with Crippen LogP contribution in [0.25, 0.3) is 11.0 Å². The largest absolute Gasteiger partial charge is 0.465 e. The first-order chi connectivity index (χ1) is 16.5. The zero-order valence-corrected chi connectivity index (χ0v) is 18.9. The number of rotatable bonds is 9. The van der Waals surface area contributed by atoms with Crippen molar-refractivity contribution in [3.05, 3.63) is 59.9 Å². The summed E-state index contributed by atoms with van der Waals surface area (Å²) in [6, 6.07) is 10.3. The van der Waals surface area contributed by atoms with Crippen molar-refractivity contribution in [2.45, 2.75) is 32.5 Å². The van der Waals surface area contributed by atoms with E-state index >= 15 is 0 Å². The molecule has 3 aromatic heterocycles. The molecule has 11 nitrogen and oxygen atoms in total. The number of nitrogens with one attached hydrogen (secondary N) is 1. The van der Waals surface area contributed by atoms with Crippen LogP contribution in [-0.4, -0.2) is 44.0 Å². The van der Waals surface area contributed by atoms with Crippen LogP contribution in [0.5, 0.6) is 11.6 Å². The average molecular weight is 463 g/mol. The highest BCUT2D eigenvalue weighted by Gasteiger charge is 2.15. The van der Waals surface area contributed by atoms with Crippen LogP contribution in [0.15, 0.2) is 48.8 Å². The first-order valence-corrected chi connectivity index (χ1v) is 10.8. The molecule has 4 rings (SSSR count). The molecule has 0 aliphatic heterocycles. The predicted molar refractivity (Wildman–Crippen MR) is 127 cm³/mol. The highest BCUT2D eigenvalue weighted by molar-refractivity contribution is 5.89. The molecule has 0 saturated heterocycles. The third-order valence-corrected chi connectivity index (χ3v) is 5.06. The number of fused-ring (bicyclic) bond motifs is 1. The van der Waals surface area contributed by atoms with Crippen LogP contribution in [0, 0.1) is 0 Å². The number of nitrogen functional groups attached to an aromatic ring is 1. The summed E-state index contributed by atoms with van der Waals surface area (Å²) in [6.07, 6.45) is 4.82. The molecule has 0 amide bonds. The maximum Gasteiger partial charge on any atom is 0.337 e. The van der Waals surface area contributed by atoms with Crippen LogP contribution in [0.2, 0.25) is 0 Å². The number of carbonyl (C=O) groups is 1.